The molecule has 0 bridgehead atoms. The molecule has 3 nitrogen and oxygen atoms in total. The number of aliphatic hydroxyl groups excluding tert-OH is 1. The third-order valence-electron chi connectivity index (χ3n) is 2.41. The second-order valence-electron chi connectivity index (χ2n) is 3.53. The van der Waals surface area contributed by atoms with Gasteiger partial charge in [0.15, 0.2) is 0 Å². The van der Waals surface area contributed by atoms with Crippen LogP contribution >= 0.6 is 11.6 Å². The van der Waals surface area contributed by atoms with Crippen molar-refractivity contribution in [1.82, 2.24) is 4.98 Å². The molecule has 1 rings (SSSR count). The predicted octanol–water partition coefficient (Wildman–Crippen LogP) is 2.56. The van der Waals surface area contributed by atoms with Crippen molar-refractivity contribution < 1.29 is 5.11 Å². The van der Waals surface area contributed by atoms with Gasteiger partial charge in [0.2, 0.25) is 0 Å². The summed E-state index contributed by atoms with van der Waals surface area (Å²) in [5.41, 5.74) is 0. The molecule has 1 heterocycles. The molecule has 0 saturated heterocycles. The predicted molar refractivity (Wildman–Crippen MR) is 63.2 cm³/mol. The number of nitrogens with zero attached hydrogens (tertiary/aromatic N) is 1. The van der Waals surface area contributed by atoms with Crippen LogP contribution in [0.25, 0.3) is 0 Å². The van der Waals surface area contributed by atoms with Crippen LogP contribution in [0.4, 0.5) is 5.82 Å². The fraction of sp³-hybridized carbons (Fsp3) is 0.545. The largest absolute Gasteiger partial charge is 0.396 e. The van der Waals surface area contributed by atoms with Crippen LogP contribution in [0.3, 0.4) is 0 Å². The SMILES string of the molecule is CCC(CCO)CNc1ccc(Cl)cn1. The molecular formula is C11H17ClN2O. The molecule has 2 N–H and O–H groups in total. The van der Waals surface area contributed by atoms with Gasteiger partial charge in [0.1, 0.15) is 5.82 Å². The lowest BCUT2D eigenvalue weighted by molar-refractivity contribution is 0.258. The Hall–Kier alpha value is -0.800. The van der Waals surface area contributed by atoms with Crippen LogP contribution in [0.2, 0.25) is 5.02 Å². The molecule has 0 aliphatic heterocycles. The number of pyridine rings is 1. The van der Waals surface area contributed by atoms with E-state index in [1.54, 1.807) is 6.20 Å². The Balaban J connectivity index is 2.38. The smallest absolute Gasteiger partial charge is 0.125 e. The van der Waals surface area contributed by atoms with Crippen LogP contribution in [0, 0.1) is 5.92 Å². The highest BCUT2D eigenvalue weighted by atomic mass is 35.5. The molecule has 0 fully saturated rings. The number of aliphatic hydroxyl groups is 1. The Morgan fingerprint density at radius 2 is 2.33 bits per heavy atom. The van der Waals surface area contributed by atoms with Crippen molar-refractivity contribution in [1.29, 1.82) is 0 Å². The first kappa shape index (κ1) is 12.3. The minimum atomic E-state index is 0.244. The Bertz CT molecular complexity index is 276. The van der Waals surface area contributed by atoms with Crippen LogP contribution in [0.1, 0.15) is 19.8 Å². The highest BCUT2D eigenvalue weighted by Crippen LogP contribution is 2.12. The number of aromatic nitrogens is 1. The van der Waals surface area contributed by atoms with Crippen molar-refractivity contribution in [2.45, 2.75) is 19.8 Å². The standard InChI is InChI=1S/C11H17ClN2O/c1-2-9(5-6-15)7-13-11-4-3-10(12)8-14-11/h3-4,8-9,15H,2,5-7H2,1H3,(H,13,14). The summed E-state index contributed by atoms with van der Waals surface area (Å²) >= 11 is 5.73. The van der Waals surface area contributed by atoms with E-state index >= 15 is 0 Å². The Morgan fingerprint density at radius 3 is 2.87 bits per heavy atom. The lowest BCUT2D eigenvalue weighted by Crippen LogP contribution is -2.15. The first-order valence-corrected chi connectivity index (χ1v) is 5.60. The van der Waals surface area contributed by atoms with E-state index < -0.39 is 0 Å². The number of nitrogens with one attached hydrogen (secondary N) is 1. The summed E-state index contributed by atoms with van der Waals surface area (Å²) in [5.74, 6) is 1.32. The van der Waals surface area contributed by atoms with Gasteiger partial charge in [0, 0.05) is 19.3 Å². The summed E-state index contributed by atoms with van der Waals surface area (Å²) < 4.78 is 0. The topological polar surface area (TPSA) is 45.1 Å². The maximum Gasteiger partial charge on any atom is 0.125 e. The molecule has 1 atom stereocenters. The molecule has 0 aliphatic rings. The quantitative estimate of drug-likeness (QED) is 0.787. The second-order valence-corrected chi connectivity index (χ2v) is 3.97. The van der Waals surface area contributed by atoms with Gasteiger partial charge in [-0.3, -0.25) is 0 Å². The van der Waals surface area contributed by atoms with Crippen LogP contribution in [0.5, 0.6) is 0 Å². The molecule has 0 aromatic carbocycles. The average molecular weight is 229 g/mol. The van der Waals surface area contributed by atoms with Gasteiger partial charge < -0.3 is 10.4 Å². The van der Waals surface area contributed by atoms with Crippen LogP contribution in [0.15, 0.2) is 18.3 Å². The summed E-state index contributed by atoms with van der Waals surface area (Å²) in [5, 5.41) is 12.7. The van der Waals surface area contributed by atoms with Crippen molar-refractivity contribution in [3.8, 4) is 0 Å². The van der Waals surface area contributed by atoms with E-state index in [-0.39, 0.29) is 6.61 Å². The van der Waals surface area contributed by atoms with E-state index in [0.29, 0.717) is 10.9 Å². The molecule has 0 saturated carbocycles. The van der Waals surface area contributed by atoms with Gasteiger partial charge in [-0.05, 0) is 24.5 Å². The van der Waals surface area contributed by atoms with Gasteiger partial charge in [0.05, 0.1) is 5.02 Å². The van der Waals surface area contributed by atoms with Crippen molar-refractivity contribution in [3.63, 3.8) is 0 Å². The molecule has 0 spiro atoms. The molecule has 1 aromatic heterocycles. The highest BCUT2D eigenvalue weighted by Gasteiger charge is 2.05. The summed E-state index contributed by atoms with van der Waals surface area (Å²) in [6, 6.07) is 3.66. The molecule has 1 unspecified atom stereocenters. The zero-order chi connectivity index (χ0) is 11.1. The molecule has 0 radical (unpaired) electrons. The number of halogens is 1. The molecular weight excluding hydrogens is 212 g/mol. The summed E-state index contributed by atoms with van der Waals surface area (Å²) in [4.78, 5) is 4.14. The van der Waals surface area contributed by atoms with Gasteiger partial charge in [-0.1, -0.05) is 24.9 Å². The van der Waals surface area contributed by atoms with E-state index in [2.05, 4.69) is 17.2 Å². The minimum Gasteiger partial charge on any atom is -0.396 e. The van der Waals surface area contributed by atoms with E-state index in [0.717, 1.165) is 25.2 Å². The Labute approximate surface area is 95.5 Å². The number of hydrogen-bond acceptors (Lipinski definition) is 3. The lowest BCUT2D eigenvalue weighted by atomic mass is 10.0. The van der Waals surface area contributed by atoms with Crippen LogP contribution in [-0.4, -0.2) is 23.2 Å². The number of anilines is 1. The van der Waals surface area contributed by atoms with E-state index in [4.69, 9.17) is 16.7 Å². The Kier molecular flexibility index (Phi) is 5.43. The van der Waals surface area contributed by atoms with Gasteiger partial charge in [-0.2, -0.15) is 0 Å². The minimum absolute atomic E-state index is 0.244. The second kappa shape index (κ2) is 6.64. The number of rotatable bonds is 6. The van der Waals surface area contributed by atoms with E-state index in [1.807, 2.05) is 12.1 Å². The first-order valence-electron chi connectivity index (χ1n) is 5.22. The molecule has 84 valence electrons. The summed E-state index contributed by atoms with van der Waals surface area (Å²) in [6.07, 6.45) is 3.51. The van der Waals surface area contributed by atoms with Crippen molar-refractivity contribution >= 4 is 17.4 Å². The Morgan fingerprint density at radius 1 is 1.53 bits per heavy atom. The molecule has 0 aliphatic carbocycles. The molecule has 0 amide bonds. The number of hydrogen-bond donors (Lipinski definition) is 2. The molecule has 1 aromatic rings. The fourth-order valence-corrected chi connectivity index (χ4v) is 1.47. The zero-order valence-electron chi connectivity index (χ0n) is 8.91. The first-order chi connectivity index (χ1) is 7.26. The monoisotopic (exact) mass is 228 g/mol. The summed E-state index contributed by atoms with van der Waals surface area (Å²) in [7, 11) is 0. The van der Waals surface area contributed by atoms with Gasteiger partial charge in [-0.15, -0.1) is 0 Å². The van der Waals surface area contributed by atoms with E-state index in [9.17, 15) is 0 Å². The average Bonchev–Trinajstić information content (AvgIpc) is 2.26. The zero-order valence-corrected chi connectivity index (χ0v) is 9.67. The maximum absolute atomic E-state index is 8.84. The molecule has 15 heavy (non-hydrogen) atoms. The van der Waals surface area contributed by atoms with Gasteiger partial charge >= 0.3 is 0 Å². The lowest BCUT2D eigenvalue weighted by Gasteiger charge is -2.14. The third-order valence-corrected chi connectivity index (χ3v) is 2.64. The van der Waals surface area contributed by atoms with E-state index in [1.165, 1.54) is 0 Å². The van der Waals surface area contributed by atoms with Crippen LogP contribution < -0.4 is 5.32 Å². The van der Waals surface area contributed by atoms with Crippen molar-refractivity contribution in [3.05, 3.63) is 23.4 Å². The summed E-state index contributed by atoms with van der Waals surface area (Å²) in [6.45, 7) is 3.21. The van der Waals surface area contributed by atoms with Crippen LogP contribution in [-0.2, 0) is 0 Å². The van der Waals surface area contributed by atoms with Gasteiger partial charge in [0.25, 0.3) is 0 Å². The van der Waals surface area contributed by atoms with Crippen molar-refractivity contribution in [2.24, 2.45) is 5.92 Å². The fourth-order valence-electron chi connectivity index (χ4n) is 1.36. The van der Waals surface area contributed by atoms with Gasteiger partial charge in [-0.25, -0.2) is 4.98 Å². The molecule has 4 heteroatoms. The highest BCUT2D eigenvalue weighted by molar-refractivity contribution is 6.30. The maximum atomic E-state index is 8.84. The normalized spacial score (nSPS) is 12.5. The third kappa shape index (κ3) is 4.49. The van der Waals surface area contributed by atoms with Crippen molar-refractivity contribution in [2.75, 3.05) is 18.5 Å².